The summed E-state index contributed by atoms with van der Waals surface area (Å²) in [7, 11) is 0. The van der Waals surface area contributed by atoms with E-state index in [1.807, 2.05) is 6.07 Å². The number of nitrogens with one attached hydrogen (secondary N) is 1. The molecule has 0 heterocycles. The molecule has 1 aromatic rings. The van der Waals surface area contributed by atoms with Gasteiger partial charge in [0.2, 0.25) is 11.8 Å². The fourth-order valence-electron chi connectivity index (χ4n) is 2.69. The van der Waals surface area contributed by atoms with Crippen molar-refractivity contribution in [3.05, 3.63) is 29.3 Å². The zero-order valence-corrected chi connectivity index (χ0v) is 14.9. The molecule has 4 nitrogen and oxygen atoms in total. The first-order valence-electron chi connectivity index (χ1n) is 8.70. The molecule has 0 aliphatic heterocycles. The van der Waals surface area contributed by atoms with E-state index in [1.165, 1.54) is 0 Å². The van der Waals surface area contributed by atoms with Crippen LogP contribution in [0.4, 0.5) is 5.69 Å². The summed E-state index contributed by atoms with van der Waals surface area (Å²) in [4.78, 5) is 25.8. The number of amides is 2. The molecule has 1 rings (SSSR count). The highest BCUT2D eigenvalue weighted by Crippen LogP contribution is 2.27. The van der Waals surface area contributed by atoms with Gasteiger partial charge in [0.05, 0.1) is 0 Å². The van der Waals surface area contributed by atoms with E-state index in [0.717, 1.165) is 42.5 Å². The average molecular weight is 318 g/mol. The summed E-state index contributed by atoms with van der Waals surface area (Å²) in [6.07, 6.45) is 4.13. The molecule has 0 unspecified atom stereocenters. The molecule has 0 saturated heterocycles. The van der Waals surface area contributed by atoms with E-state index >= 15 is 0 Å². The number of rotatable bonds is 9. The van der Waals surface area contributed by atoms with Crippen LogP contribution in [0, 0.1) is 0 Å². The maximum atomic E-state index is 12.1. The third-order valence-corrected chi connectivity index (χ3v) is 4.03. The Hall–Kier alpha value is -1.84. The third-order valence-electron chi connectivity index (χ3n) is 4.03. The van der Waals surface area contributed by atoms with Crippen LogP contribution < -0.4 is 10.2 Å². The number of hydrogen-bond donors (Lipinski definition) is 1. The molecule has 1 aromatic carbocycles. The second kappa shape index (κ2) is 10.0. The number of nitrogens with zero attached hydrogens (tertiary/aromatic N) is 1. The van der Waals surface area contributed by atoms with Crippen LogP contribution in [0.15, 0.2) is 18.2 Å². The van der Waals surface area contributed by atoms with Gasteiger partial charge in [0.1, 0.15) is 0 Å². The Balaban J connectivity index is 2.87. The number of anilines is 1. The van der Waals surface area contributed by atoms with Crippen molar-refractivity contribution in [2.75, 3.05) is 18.0 Å². The van der Waals surface area contributed by atoms with E-state index in [4.69, 9.17) is 0 Å². The van der Waals surface area contributed by atoms with Crippen molar-refractivity contribution in [2.24, 2.45) is 0 Å². The lowest BCUT2D eigenvalue weighted by Gasteiger charge is -2.26. The fraction of sp³-hybridized carbons (Fsp3) is 0.579. The average Bonchev–Trinajstić information content (AvgIpc) is 2.54. The molecule has 0 atom stereocenters. The minimum absolute atomic E-state index is 0.0109. The van der Waals surface area contributed by atoms with Crippen LogP contribution in [0.2, 0.25) is 0 Å². The molecular formula is C19H30N2O2. The topological polar surface area (TPSA) is 49.4 Å². The molecule has 0 aliphatic carbocycles. The zero-order valence-electron chi connectivity index (χ0n) is 14.9. The quantitative estimate of drug-likeness (QED) is 0.709. The van der Waals surface area contributed by atoms with Crippen LogP contribution in [-0.2, 0) is 22.4 Å². The predicted octanol–water partition coefficient (Wildman–Crippen LogP) is 3.47. The van der Waals surface area contributed by atoms with Crippen LogP contribution in [0.25, 0.3) is 0 Å². The van der Waals surface area contributed by atoms with Gasteiger partial charge in [-0.3, -0.25) is 9.59 Å². The molecule has 0 fully saturated rings. The standard InChI is InChI=1S/C19H30N2O2/c1-5-8-13-20-18(23)12-14-21(15(4)22)19-16(6-2)10-9-11-17(19)7-3/h9-11H,5-8,12-14H2,1-4H3,(H,20,23). The molecule has 0 aromatic heterocycles. The molecule has 128 valence electrons. The van der Waals surface area contributed by atoms with Crippen molar-refractivity contribution in [1.29, 1.82) is 0 Å². The van der Waals surface area contributed by atoms with Crippen LogP contribution in [0.5, 0.6) is 0 Å². The number of carbonyl (C=O) groups excluding carboxylic acids is 2. The number of hydrogen-bond acceptors (Lipinski definition) is 2. The summed E-state index contributed by atoms with van der Waals surface area (Å²) in [5.74, 6) is -0.00122. The first kappa shape index (κ1) is 19.2. The highest BCUT2D eigenvalue weighted by molar-refractivity contribution is 5.94. The van der Waals surface area contributed by atoms with Gasteiger partial charge in [0.25, 0.3) is 0 Å². The summed E-state index contributed by atoms with van der Waals surface area (Å²) in [6.45, 7) is 8.99. The van der Waals surface area contributed by atoms with Crippen molar-refractivity contribution < 1.29 is 9.59 Å². The van der Waals surface area contributed by atoms with Gasteiger partial charge in [-0.25, -0.2) is 0 Å². The summed E-state index contributed by atoms with van der Waals surface area (Å²) >= 11 is 0. The lowest BCUT2D eigenvalue weighted by atomic mass is 10.0. The Kier molecular flexibility index (Phi) is 8.38. The van der Waals surface area contributed by atoms with Crippen LogP contribution in [-0.4, -0.2) is 24.9 Å². The lowest BCUT2D eigenvalue weighted by Crippen LogP contribution is -2.35. The molecule has 2 amide bonds. The molecule has 23 heavy (non-hydrogen) atoms. The zero-order chi connectivity index (χ0) is 17.2. The van der Waals surface area contributed by atoms with E-state index in [-0.39, 0.29) is 11.8 Å². The van der Waals surface area contributed by atoms with Gasteiger partial charge in [-0.1, -0.05) is 45.4 Å². The maximum absolute atomic E-state index is 12.1. The van der Waals surface area contributed by atoms with Gasteiger partial charge in [-0.15, -0.1) is 0 Å². The second-order valence-corrected chi connectivity index (χ2v) is 5.76. The summed E-state index contributed by atoms with van der Waals surface area (Å²) < 4.78 is 0. The van der Waals surface area contributed by atoms with Gasteiger partial charge >= 0.3 is 0 Å². The molecular weight excluding hydrogens is 288 g/mol. The number of aryl methyl sites for hydroxylation is 2. The minimum Gasteiger partial charge on any atom is -0.356 e. The highest BCUT2D eigenvalue weighted by Gasteiger charge is 2.18. The number of benzene rings is 1. The summed E-state index contributed by atoms with van der Waals surface area (Å²) in [5.41, 5.74) is 3.31. The predicted molar refractivity (Wildman–Crippen MR) is 95.8 cm³/mol. The van der Waals surface area contributed by atoms with Crippen molar-refractivity contribution in [3.63, 3.8) is 0 Å². The van der Waals surface area contributed by atoms with E-state index in [9.17, 15) is 9.59 Å². The Bertz CT molecular complexity index is 504. The molecule has 1 N–H and O–H groups in total. The van der Waals surface area contributed by atoms with Crippen molar-refractivity contribution in [3.8, 4) is 0 Å². The smallest absolute Gasteiger partial charge is 0.223 e. The van der Waals surface area contributed by atoms with Crippen molar-refractivity contribution >= 4 is 17.5 Å². The monoisotopic (exact) mass is 318 g/mol. The Morgan fingerprint density at radius 1 is 1.09 bits per heavy atom. The largest absolute Gasteiger partial charge is 0.356 e. The van der Waals surface area contributed by atoms with Gasteiger partial charge in [0, 0.05) is 32.1 Å². The normalized spacial score (nSPS) is 10.4. The van der Waals surface area contributed by atoms with Gasteiger partial charge in [-0.2, -0.15) is 0 Å². The Labute approximate surface area is 140 Å². The number of carbonyl (C=O) groups is 2. The van der Waals surface area contributed by atoms with Gasteiger partial charge in [-0.05, 0) is 30.4 Å². The maximum Gasteiger partial charge on any atom is 0.223 e. The van der Waals surface area contributed by atoms with Crippen LogP contribution in [0.3, 0.4) is 0 Å². The summed E-state index contributed by atoms with van der Waals surface area (Å²) in [5, 5.41) is 2.91. The molecule has 0 bridgehead atoms. The molecule has 0 aliphatic rings. The fourth-order valence-corrected chi connectivity index (χ4v) is 2.69. The Morgan fingerprint density at radius 2 is 1.70 bits per heavy atom. The van der Waals surface area contributed by atoms with E-state index < -0.39 is 0 Å². The van der Waals surface area contributed by atoms with Crippen LogP contribution in [0.1, 0.15) is 58.1 Å². The molecule has 0 radical (unpaired) electrons. The van der Waals surface area contributed by atoms with Gasteiger partial charge < -0.3 is 10.2 Å². The van der Waals surface area contributed by atoms with E-state index in [0.29, 0.717) is 19.5 Å². The Morgan fingerprint density at radius 3 is 2.17 bits per heavy atom. The van der Waals surface area contributed by atoms with E-state index in [1.54, 1.807) is 11.8 Å². The lowest BCUT2D eigenvalue weighted by molar-refractivity contribution is -0.121. The van der Waals surface area contributed by atoms with Crippen LogP contribution >= 0.6 is 0 Å². The number of para-hydroxylation sites is 1. The SMILES string of the molecule is CCCCNC(=O)CCN(C(C)=O)c1c(CC)cccc1CC. The molecule has 0 spiro atoms. The third kappa shape index (κ3) is 5.70. The second-order valence-electron chi connectivity index (χ2n) is 5.76. The summed E-state index contributed by atoms with van der Waals surface area (Å²) in [6, 6.07) is 6.16. The van der Waals surface area contributed by atoms with Crippen molar-refractivity contribution in [1.82, 2.24) is 5.32 Å². The first-order chi connectivity index (χ1) is 11.0. The first-order valence-corrected chi connectivity index (χ1v) is 8.70. The molecule has 4 heteroatoms. The number of unbranched alkanes of at least 4 members (excludes halogenated alkanes) is 1. The molecule has 0 saturated carbocycles. The minimum atomic E-state index is -0.0121. The van der Waals surface area contributed by atoms with Crippen molar-refractivity contribution in [2.45, 2.75) is 59.8 Å². The van der Waals surface area contributed by atoms with Gasteiger partial charge in [0.15, 0.2) is 0 Å². The van der Waals surface area contributed by atoms with E-state index in [2.05, 4.69) is 38.2 Å². The highest BCUT2D eigenvalue weighted by atomic mass is 16.2.